The Morgan fingerprint density at radius 1 is 1.43 bits per heavy atom. The Hall–Kier alpha value is -2.09. The van der Waals surface area contributed by atoms with E-state index >= 15 is 0 Å². The lowest BCUT2D eigenvalue weighted by atomic mass is 10.3. The van der Waals surface area contributed by atoms with E-state index in [0.717, 1.165) is 18.5 Å². The lowest BCUT2D eigenvalue weighted by molar-refractivity contribution is -0.120. The van der Waals surface area contributed by atoms with Gasteiger partial charge in [0.2, 0.25) is 11.1 Å². The molecule has 1 aromatic carbocycles. The van der Waals surface area contributed by atoms with Gasteiger partial charge in [-0.05, 0) is 54.5 Å². The van der Waals surface area contributed by atoms with Crippen LogP contribution in [-0.4, -0.2) is 42.5 Å². The third-order valence-corrected chi connectivity index (χ3v) is 4.14. The zero-order valence-electron chi connectivity index (χ0n) is 11.4. The first kappa shape index (κ1) is 13.9. The molecule has 2 N–H and O–H groups in total. The number of aromatic nitrogens is 4. The van der Waals surface area contributed by atoms with Crippen LogP contribution in [0.15, 0.2) is 29.4 Å². The van der Waals surface area contributed by atoms with Crippen molar-refractivity contribution in [1.82, 2.24) is 25.5 Å². The first-order valence-electron chi connectivity index (χ1n) is 6.68. The summed E-state index contributed by atoms with van der Waals surface area (Å²) in [5, 5.41) is 24.1. The number of aromatic hydroxyl groups is 1. The molecule has 110 valence electrons. The summed E-state index contributed by atoms with van der Waals surface area (Å²) in [5.74, 6) is 0.181. The third-order valence-electron chi connectivity index (χ3n) is 3.11. The van der Waals surface area contributed by atoms with Gasteiger partial charge < -0.3 is 10.4 Å². The minimum absolute atomic E-state index is 0.00255. The normalized spacial score (nSPS) is 15.7. The number of benzene rings is 1. The minimum atomic E-state index is -0.271. The van der Waals surface area contributed by atoms with Gasteiger partial charge in [0.25, 0.3) is 0 Å². The highest BCUT2D eigenvalue weighted by Crippen LogP contribution is 2.25. The number of amides is 1. The van der Waals surface area contributed by atoms with Crippen molar-refractivity contribution in [2.45, 2.75) is 36.2 Å². The summed E-state index contributed by atoms with van der Waals surface area (Å²) in [6, 6.07) is 6.90. The van der Waals surface area contributed by atoms with E-state index in [1.165, 1.54) is 11.8 Å². The number of phenols is 1. The standard InChI is InChI=1S/C13H15N5O2S/c1-8(12(20)14-9-2-3-9)21-13-15-16-17-18(13)10-4-6-11(19)7-5-10/h4-9,19H,2-3H2,1H3,(H,14,20). The molecule has 1 unspecified atom stereocenters. The number of tetrazole rings is 1. The van der Waals surface area contributed by atoms with E-state index in [4.69, 9.17) is 0 Å². The number of thioether (sulfide) groups is 1. The molecule has 1 aliphatic rings. The lowest BCUT2D eigenvalue weighted by Crippen LogP contribution is -2.32. The maximum atomic E-state index is 12.0. The summed E-state index contributed by atoms with van der Waals surface area (Å²) >= 11 is 1.31. The summed E-state index contributed by atoms with van der Waals surface area (Å²) in [5.41, 5.74) is 0.732. The fraction of sp³-hybridized carbons (Fsp3) is 0.385. The van der Waals surface area contributed by atoms with Crippen molar-refractivity contribution in [3.05, 3.63) is 24.3 Å². The van der Waals surface area contributed by atoms with E-state index in [0.29, 0.717) is 11.2 Å². The Bertz CT molecular complexity index is 638. The molecule has 0 aliphatic heterocycles. The number of hydrogen-bond acceptors (Lipinski definition) is 6. The number of hydrogen-bond donors (Lipinski definition) is 2. The van der Waals surface area contributed by atoms with Crippen molar-refractivity contribution in [3.8, 4) is 11.4 Å². The molecule has 21 heavy (non-hydrogen) atoms. The second-order valence-corrected chi connectivity index (χ2v) is 6.24. The molecular weight excluding hydrogens is 290 g/mol. The Kier molecular flexibility index (Phi) is 3.78. The molecule has 1 fully saturated rings. The zero-order valence-corrected chi connectivity index (χ0v) is 12.2. The minimum Gasteiger partial charge on any atom is -0.508 e. The summed E-state index contributed by atoms with van der Waals surface area (Å²) in [6.45, 7) is 1.83. The molecule has 8 heteroatoms. The van der Waals surface area contributed by atoms with Gasteiger partial charge in [-0.3, -0.25) is 4.79 Å². The van der Waals surface area contributed by atoms with Crippen molar-refractivity contribution in [2.75, 3.05) is 0 Å². The van der Waals surface area contributed by atoms with Crippen molar-refractivity contribution in [3.63, 3.8) is 0 Å². The molecule has 2 aromatic rings. The average molecular weight is 305 g/mol. The second kappa shape index (κ2) is 5.72. The molecule has 0 spiro atoms. The largest absolute Gasteiger partial charge is 0.508 e. The van der Waals surface area contributed by atoms with E-state index in [2.05, 4.69) is 20.8 Å². The van der Waals surface area contributed by atoms with Gasteiger partial charge in [0.1, 0.15) is 5.75 Å². The lowest BCUT2D eigenvalue weighted by Gasteiger charge is -2.11. The molecule has 1 heterocycles. The highest BCUT2D eigenvalue weighted by Gasteiger charge is 2.27. The van der Waals surface area contributed by atoms with E-state index in [1.54, 1.807) is 28.9 Å². The van der Waals surface area contributed by atoms with Crippen LogP contribution in [-0.2, 0) is 4.79 Å². The summed E-state index contributed by atoms with van der Waals surface area (Å²) in [6.07, 6.45) is 2.13. The molecule has 3 rings (SSSR count). The Morgan fingerprint density at radius 3 is 2.81 bits per heavy atom. The summed E-state index contributed by atoms with van der Waals surface area (Å²) in [4.78, 5) is 12.0. The van der Waals surface area contributed by atoms with Crippen LogP contribution in [0.3, 0.4) is 0 Å². The second-order valence-electron chi connectivity index (χ2n) is 4.93. The van der Waals surface area contributed by atoms with Gasteiger partial charge in [0.05, 0.1) is 10.9 Å². The molecule has 0 saturated heterocycles. The van der Waals surface area contributed by atoms with Crippen LogP contribution in [0.5, 0.6) is 5.75 Å². The number of carbonyl (C=O) groups is 1. The van der Waals surface area contributed by atoms with Gasteiger partial charge in [-0.1, -0.05) is 11.8 Å². The molecule has 0 radical (unpaired) electrons. The molecule has 1 amide bonds. The van der Waals surface area contributed by atoms with Crippen LogP contribution < -0.4 is 5.32 Å². The van der Waals surface area contributed by atoms with Gasteiger partial charge in [-0.15, -0.1) is 5.10 Å². The Morgan fingerprint density at radius 2 is 2.14 bits per heavy atom. The van der Waals surface area contributed by atoms with Gasteiger partial charge in [-0.25, -0.2) is 0 Å². The predicted octanol–water partition coefficient (Wildman–Crippen LogP) is 1.13. The quantitative estimate of drug-likeness (QED) is 0.804. The number of carbonyl (C=O) groups excluding carboxylic acids is 1. The maximum Gasteiger partial charge on any atom is 0.233 e. The topological polar surface area (TPSA) is 92.9 Å². The van der Waals surface area contributed by atoms with E-state index in [-0.39, 0.29) is 16.9 Å². The van der Waals surface area contributed by atoms with E-state index in [9.17, 15) is 9.90 Å². The van der Waals surface area contributed by atoms with Crippen molar-refractivity contribution >= 4 is 17.7 Å². The van der Waals surface area contributed by atoms with Crippen molar-refractivity contribution in [1.29, 1.82) is 0 Å². The first-order chi connectivity index (χ1) is 10.1. The van der Waals surface area contributed by atoms with Gasteiger partial charge in [0, 0.05) is 6.04 Å². The Labute approximate surface area is 125 Å². The average Bonchev–Trinajstić information content (AvgIpc) is 3.16. The number of nitrogens with one attached hydrogen (secondary N) is 1. The first-order valence-corrected chi connectivity index (χ1v) is 7.56. The monoisotopic (exact) mass is 305 g/mol. The van der Waals surface area contributed by atoms with Crippen LogP contribution in [0.1, 0.15) is 19.8 Å². The summed E-state index contributed by atoms with van der Waals surface area (Å²) in [7, 11) is 0. The smallest absolute Gasteiger partial charge is 0.233 e. The van der Waals surface area contributed by atoms with E-state index < -0.39 is 0 Å². The van der Waals surface area contributed by atoms with Crippen molar-refractivity contribution < 1.29 is 9.90 Å². The molecular formula is C13H15N5O2S. The van der Waals surface area contributed by atoms with Crippen LogP contribution in [0.4, 0.5) is 0 Å². The van der Waals surface area contributed by atoms with Crippen LogP contribution in [0, 0.1) is 0 Å². The highest BCUT2D eigenvalue weighted by molar-refractivity contribution is 8.00. The number of nitrogens with zero attached hydrogens (tertiary/aromatic N) is 4. The number of phenolic OH excluding ortho intramolecular Hbond substituents is 1. The SMILES string of the molecule is CC(Sc1nnnn1-c1ccc(O)cc1)C(=O)NC1CC1. The Balaban J connectivity index is 1.72. The molecule has 1 saturated carbocycles. The zero-order chi connectivity index (χ0) is 14.8. The fourth-order valence-corrected chi connectivity index (χ4v) is 2.58. The molecule has 0 bridgehead atoms. The molecule has 1 atom stereocenters. The predicted molar refractivity (Wildman–Crippen MR) is 77.3 cm³/mol. The van der Waals surface area contributed by atoms with Crippen LogP contribution >= 0.6 is 11.8 Å². The molecule has 1 aliphatic carbocycles. The third kappa shape index (κ3) is 3.33. The van der Waals surface area contributed by atoms with Gasteiger partial charge >= 0.3 is 0 Å². The number of rotatable bonds is 5. The van der Waals surface area contributed by atoms with Gasteiger partial charge in [0.15, 0.2) is 0 Å². The molecule has 7 nitrogen and oxygen atoms in total. The van der Waals surface area contributed by atoms with Crippen molar-refractivity contribution in [2.24, 2.45) is 0 Å². The van der Waals surface area contributed by atoms with Gasteiger partial charge in [-0.2, -0.15) is 4.68 Å². The highest BCUT2D eigenvalue weighted by atomic mass is 32.2. The fourth-order valence-electron chi connectivity index (χ4n) is 1.77. The van der Waals surface area contributed by atoms with Crippen LogP contribution in [0.2, 0.25) is 0 Å². The van der Waals surface area contributed by atoms with Crippen LogP contribution in [0.25, 0.3) is 5.69 Å². The molecule has 1 aromatic heterocycles. The maximum absolute atomic E-state index is 12.0. The van der Waals surface area contributed by atoms with E-state index in [1.807, 2.05) is 6.92 Å². The summed E-state index contributed by atoms with van der Waals surface area (Å²) < 4.78 is 1.55.